The number of hydrogen-bond acceptors (Lipinski definition) is 5. The quantitative estimate of drug-likeness (QED) is 0.854. The van der Waals surface area contributed by atoms with Crippen molar-refractivity contribution in [3.05, 3.63) is 17.5 Å². The summed E-state index contributed by atoms with van der Waals surface area (Å²) in [7, 11) is 0. The lowest BCUT2D eigenvalue weighted by Gasteiger charge is -2.29. The van der Waals surface area contributed by atoms with Gasteiger partial charge in [-0.3, -0.25) is 0 Å². The van der Waals surface area contributed by atoms with Crippen LogP contribution in [-0.2, 0) is 0 Å². The van der Waals surface area contributed by atoms with Crippen molar-refractivity contribution in [2.45, 2.75) is 39.2 Å². The summed E-state index contributed by atoms with van der Waals surface area (Å²) in [6.45, 7) is 7.05. The number of carboxylic acids is 1. The fourth-order valence-corrected chi connectivity index (χ4v) is 2.54. The van der Waals surface area contributed by atoms with Crippen molar-refractivity contribution in [1.82, 2.24) is 14.9 Å². The van der Waals surface area contributed by atoms with Crippen molar-refractivity contribution in [1.29, 1.82) is 0 Å². The SMILES string of the molecule is Cc1cc(C(=O)O)nc(NC(C)CN2CCCCC2)n1. The summed E-state index contributed by atoms with van der Waals surface area (Å²) in [6, 6.07) is 1.67. The number of nitrogens with zero attached hydrogens (tertiary/aromatic N) is 3. The molecule has 1 fully saturated rings. The molecule has 1 aliphatic rings. The van der Waals surface area contributed by atoms with Crippen LogP contribution in [0.5, 0.6) is 0 Å². The maximum Gasteiger partial charge on any atom is 0.354 e. The first-order chi connectivity index (χ1) is 9.54. The molecule has 0 saturated carbocycles. The van der Waals surface area contributed by atoms with E-state index in [9.17, 15) is 4.79 Å². The third kappa shape index (κ3) is 4.16. The number of carbonyl (C=O) groups is 1. The van der Waals surface area contributed by atoms with Gasteiger partial charge in [-0.1, -0.05) is 6.42 Å². The Morgan fingerprint density at radius 3 is 2.75 bits per heavy atom. The Bertz CT molecular complexity index is 472. The van der Waals surface area contributed by atoms with Gasteiger partial charge in [0.1, 0.15) is 0 Å². The van der Waals surface area contributed by atoms with Crippen molar-refractivity contribution < 1.29 is 9.90 Å². The largest absolute Gasteiger partial charge is 0.477 e. The van der Waals surface area contributed by atoms with Gasteiger partial charge in [0.2, 0.25) is 5.95 Å². The van der Waals surface area contributed by atoms with Gasteiger partial charge in [0.15, 0.2) is 5.69 Å². The normalized spacial score (nSPS) is 17.7. The Morgan fingerprint density at radius 1 is 1.40 bits per heavy atom. The van der Waals surface area contributed by atoms with Crippen LogP contribution in [-0.4, -0.2) is 51.6 Å². The van der Waals surface area contributed by atoms with Gasteiger partial charge in [-0.15, -0.1) is 0 Å². The van der Waals surface area contributed by atoms with Crippen molar-refractivity contribution in [2.24, 2.45) is 0 Å². The molecule has 0 amide bonds. The zero-order valence-electron chi connectivity index (χ0n) is 12.1. The van der Waals surface area contributed by atoms with Gasteiger partial charge in [-0.2, -0.15) is 0 Å². The second kappa shape index (κ2) is 6.65. The number of carboxylic acid groups (broad SMARTS) is 1. The van der Waals surface area contributed by atoms with Crippen LogP contribution < -0.4 is 5.32 Å². The average Bonchev–Trinajstić information content (AvgIpc) is 2.38. The Morgan fingerprint density at radius 2 is 2.10 bits per heavy atom. The van der Waals surface area contributed by atoms with E-state index in [0.29, 0.717) is 11.6 Å². The molecule has 1 aliphatic heterocycles. The minimum absolute atomic E-state index is 0.0326. The molecule has 6 nitrogen and oxygen atoms in total. The Balaban J connectivity index is 1.96. The first kappa shape index (κ1) is 14.7. The standard InChI is InChI=1S/C14H22N4O2/c1-10-8-12(13(19)20)17-14(15-10)16-11(2)9-18-6-4-3-5-7-18/h8,11H,3-7,9H2,1-2H3,(H,19,20)(H,15,16,17). The van der Waals surface area contributed by atoms with Gasteiger partial charge in [-0.25, -0.2) is 14.8 Å². The molecule has 0 bridgehead atoms. The third-order valence-corrected chi connectivity index (χ3v) is 3.43. The first-order valence-corrected chi connectivity index (χ1v) is 7.12. The lowest BCUT2D eigenvalue weighted by Crippen LogP contribution is -2.38. The van der Waals surface area contributed by atoms with Crippen LogP contribution in [0.1, 0.15) is 42.4 Å². The number of nitrogens with one attached hydrogen (secondary N) is 1. The van der Waals surface area contributed by atoms with Crippen LogP contribution in [0.25, 0.3) is 0 Å². The average molecular weight is 278 g/mol. The lowest BCUT2D eigenvalue weighted by atomic mass is 10.1. The van der Waals surface area contributed by atoms with E-state index in [4.69, 9.17) is 5.11 Å². The molecule has 1 unspecified atom stereocenters. The monoisotopic (exact) mass is 278 g/mol. The molecule has 20 heavy (non-hydrogen) atoms. The van der Waals surface area contributed by atoms with Crippen molar-refractivity contribution in [2.75, 3.05) is 25.0 Å². The van der Waals surface area contributed by atoms with E-state index in [1.165, 1.54) is 25.3 Å². The predicted octanol–water partition coefficient (Wildman–Crippen LogP) is 1.77. The van der Waals surface area contributed by atoms with E-state index < -0.39 is 5.97 Å². The van der Waals surface area contributed by atoms with Crippen LogP contribution in [0.2, 0.25) is 0 Å². The van der Waals surface area contributed by atoms with Crippen LogP contribution in [0.4, 0.5) is 5.95 Å². The van der Waals surface area contributed by atoms with E-state index in [2.05, 4.69) is 27.1 Å². The molecule has 6 heteroatoms. The van der Waals surface area contributed by atoms with E-state index in [1.54, 1.807) is 6.92 Å². The minimum atomic E-state index is -1.03. The molecule has 1 atom stereocenters. The lowest BCUT2D eigenvalue weighted by molar-refractivity contribution is 0.0690. The number of aromatic nitrogens is 2. The molecule has 0 radical (unpaired) electrons. The Labute approximate surface area is 119 Å². The number of aryl methyl sites for hydroxylation is 1. The van der Waals surface area contributed by atoms with Crippen molar-refractivity contribution >= 4 is 11.9 Å². The maximum atomic E-state index is 11.0. The van der Waals surface area contributed by atoms with Gasteiger partial charge < -0.3 is 15.3 Å². The summed E-state index contributed by atoms with van der Waals surface area (Å²) in [5.74, 6) is -0.630. The highest BCUT2D eigenvalue weighted by Crippen LogP contribution is 2.11. The summed E-state index contributed by atoms with van der Waals surface area (Å²) in [5.41, 5.74) is 0.690. The molecule has 0 aromatic carbocycles. The Hall–Kier alpha value is -1.69. The van der Waals surface area contributed by atoms with E-state index in [-0.39, 0.29) is 11.7 Å². The fourth-order valence-electron chi connectivity index (χ4n) is 2.54. The highest BCUT2D eigenvalue weighted by atomic mass is 16.4. The van der Waals surface area contributed by atoms with Gasteiger partial charge in [-0.05, 0) is 45.8 Å². The summed E-state index contributed by atoms with van der Waals surface area (Å²) >= 11 is 0. The van der Waals surface area contributed by atoms with Gasteiger partial charge >= 0.3 is 5.97 Å². The first-order valence-electron chi connectivity index (χ1n) is 7.12. The molecular weight excluding hydrogens is 256 g/mol. The molecule has 0 spiro atoms. The molecule has 2 N–H and O–H groups in total. The number of rotatable bonds is 5. The molecule has 1 aromatic heterocycles. The topological polar surface area (TPSA) is 78.3 Å². The zero-order chi connectivity index (χ0) is 14.5. The van der Waals surface area contributed by atoms with Crippen molar-refractivity contribution in [3.8, 4) is 0 Å². The summed E-state index contributed by atoms with van der Waals surface area (Å²) in [4.78, 5) is 21.7. The number of aromatic carboxylic acids is 1. The van der Waals surface area contributed by atoms with E-state index in [0.717, 1.165) is 19.6 Å². The third-order valence-electron chi connectivity index (χ3n) is 3.43. The predicted molar refractivity (Wildman–Crippen MR) is 77.1 cm³/mol. The van der Waals surface area contributed by atoms with E-state index >= 15 is 0 Å². The van der Waals surface area contributed by atoms with Gasteiger partial charge in [0.25, 0.3) is 0 Å². The summed E-state index contributed by atoms with van der Waals surface area (Å²) < 4.78 is 0. The number of piperidine rings is 1. The summed E-state index contributed by atoms with van der Waals surface area (Å²) in [5, 5.41) is 12.2. The second-order valence-corrected chi connectivity index (χ2v) is 5.43. The molecule has 1 saturated heterocycles. The summed E-state index contributed by atoms with van der Waals surface area (Å²) in [6.07, 6.45) is 3.84. The second-order valence-electron chi connectivity index (χ2n) is 5.43. The molecule has 1 aromatic rings. The molecular formula is C14H22N4O2. The van der Waals surface area contributed by atoms with Crippen LogP contribution in [0, 0.1) is 6.92 Å². The zero-order valence-corrected chi connectivity index (χ0v) is 12.1. The number of hydrogen-bond donors (Lipinski definition) is 2. The van der Waals surface area contributed by atoms with Crippen LogP contribution in [0.3, 0.4) is 0 Å². The number of anilines is 1. The maximum absolute atomic E-state index is 11.0. The highest BCUT2D eigenvalue weighted by molar-refractivity contribution is 5.85. The van der Waals surface area contributed by atoms with Gasteiger partial charge in [0.05, 0.1) is 0 Å². The highest BCUT2D eigenvalue weighted by Gasteiger charge is 2.15. The molecule has 2 rings (SSSR count). The minimum Gasteiger partial charge on any atom is -0.477 e. The Kier molecular flexibility index (Phi) is 4.89. The molecule has 2 heterocycles. The smallest absolute Gasteiger partial charge is 0.354 e. The van der Waals surface area contributed by atoms with Gasteiger partial charge in [0, 0.05) is 18.3 Å². The van der Waals surface area contributed by atoms with E-state index in [1.807, 2.05) is 0 Å². The van der Waals surface area contributed by atoms with Crippen LogP contribution in [0.15, 0.2) is 6.07 Å². The van der Waals surface area contributed by atoms with Crippen molar-refractivity contribution in [3.63, 3.8) is 0 Å². The van der Waals surface area contributed by atoms with Crippen LogP contribution >= 0.6 is 0 Å². The molecule has 0 aliphatic carbocycles. The fraction of sp³-hybridized carbons (Fsp3) is 0.643. The number of likely N-dealkylation sites (tertiary alicyclic amines) is 1. The molecule has 110 valence electrons.